The summed E-state index contributed by atoms with van der Waals surface area (Å²) in [4.78, 5) is 8.01. The van der Waals surface area contributed by atoms with E-state index < -0.39 is 6.43 Å². The van der Waals surface area contributed by atoms with Crippen LogP contribution >= 0.6 is 23.2 Å². The van der Waals surface area contributed by atoms with Gasteiger partial charge in [-0.15, -0.1) is 0 Å². The number of hydrogen-bond acceptors (Lipinski definition) is 3. The van der Waals surface area contributed by atoms with Gasteiger partial charge < -0.3 is 0 Å². The predicted molar refractivity (Wildman–Crippen MR) is 71.2 cm³/mol. The predicted octanol–water partition coefficient (Wildman–Crippen LogP) is 4.04. The van der Waals surface area contributed by atoms with Crippen LogP contribution in [0.2, 0.25) is 10.0 Å². The van der Waals surface area contributed by atoms with Crippen molar-refractivity contribution in [3.05, 3.63) is 46.3 Å². The van der Waals surface area contributed by atoms with Crippen molar-refractivity contribution < 1.29 is 8.78 Å². The summed E-state index contributed by atoms with van der Waals surface area (Å²) in [6.45, 7) is 0. The van der Waals surface area contributed by atoms with E-state index in [0.29, 0.717) is 21.3 Å². The molecule has 0 radical (unpaired) electrons. The molecule has 0 fully saturated rings. The van der Waals surface area contributed by atoms with E-state index in [1.54, 1.807) is 18.2 Å². The normalized spacial score (nSPS) is 11.4. The number of nitrogens with zero attached hydrogens (tertiary/aromatic N) is 4. The summed E-state index contributed by atoms with van der Waals surface area (Å²) >= 11 is 11.8. The van der Waals surface area contributed by atoms with Gasteiger partial charge >= 0.3 is 0 Å². The first-order chi connectivity index (χ1) is 9.56. The molecule has 2 aromatic heterocycles. The lowest BCUT2D eigenvalue weighted by Gasteiger charge is -2.07. The minimum Gasteiger partial charge on any atom is -0.211 e. The fraction of sp³-hybridized carbons (Fsp3) is 0.0833. The Kier molecular flexibility index (Phi) is 3.27. The maximum Gasteiger partial charge on any atom is 0.280 e. The zero-order valence-corrected chi connectivity index (χ0v) is 11.3. The minimum atomic E-state index is -2.69. The monoisotopic (exact) mass is 314 g/mol. The van der Waals surface area contributed by atoms with E-state index in [0.717, 1.165) is 4.52 Å². The maximum absolute atomic E-state index is 13.1. The smallest absolute Gasteiger partial charge is 0.211 e. The highest BCUT2D eigenvalue weighted by atomic mass is 35.5. The number of halogens is 4. The van der Waals surface area contributed by atoms with Gasteiger partial charge in [-0.05, 0) is 18.2 Å². The molecule has 0 atom stereocenters. The van der Waals surface area contributed by atoms with Crippen LogP contribution in [0.25, 0.3) is 17.0 Å². The Morgan fingerprint density at radius 2 is 1.90 bits per heavy atom. The number of benzene rings is 1. The van der Waals surface area contributed by atoms with Gasteiger partial charge in [0, 0.05) is 5.56 Å². The first kappa shape index (κ1) is 13.2. The molecule has 0 aliphatic rings. The Morgan fingerprint density at radius 3 is 2.60 bits per heavy atom. The lowest BCUT2D eigenvalue weighted by atomic mass is 10.1. The molecule has 0 unspecified atom stereocenters. The van der Waals surface area contributed by atoms with Crippen molar-refractivity contribution in [2.24, 2.45) is 0 Å². The van der Waals surface area contributed by atoms with Crippen LogP contribution in [0.5, 0.6) is 0 Å². The number of rotatable bonds is 2. The van der Waals surface area contributed by atoms with Gasteiger partial charge in [0.1, 0.15) is 12.0 Å². The van der Waals surface area contributed by atoms with Gasteiger partial charge in [0.25, 0.3) is 12.2 Å². The molecule has 8 heteroatoms. The summed E-state index contributed by atoms with van der Waals surface area (Å²) < 4.78 is 27.1. The van der Waals surface area contributed by atoms with E-state index in [4.69, 9.17) is 23.2 Å². The molecule has 0 amide bonds. The molecule has 0 N–H and O–H groups in total. The summed E-state index contributed by atoms with van der Waals surface area (Å²) in [5, 5.41) is 4.43. The van der Waals surface area contributed by atoms with Crippen molar-refractivity contribution in [1.82, 2.24) is 19.6 Å². The highest BCUT2D eigenvalue weighted by Crippen LogP contribution is 2.29. The second-order valence-electron chi connectivity index (χ2n) is 3.97. The van der Waals surface area contributed by atoms with Crippen LogP contribution in [0.4, 0.5) is 8.78 Å². The van der Waals surface area contributed by atoms with Crippen LogP contribution in [0, 0.1) is 0 Å². The SMILES string of the molecule is FC(F)c1cc(-c2ccc(Cl)c(Cl)c2)nc2ncnn12. The van der Waals surface area contributed by atoms with Crippen molar-refractivity contribution in [2.45, 2.75) is 6.43 Å². The molecule has 0 saturated carbocycles. The molecular weight excluding hydrogens is 309 g/mol. The van der Waals surface area contributed by atoms with Gasteiger partial charge in [-0.25, -0.2) is 13.8 Å². The first-order valence-corrected chi connectivity index (χ1v) is 6.26. The van der Waals surface area contributed by atoms with Crippen LogP contribution in [0.3, 0.4) is 0 Å². The van der Waals surface area contributed by atoms with Gasteiger partial charge in [-0.2, -0.15) is 14.6 Å². The Bertz CT molecular complexity index is 788. The number of aromatic nitrogens is 4. The molecule has 0 bridgehead atoms. The van der Waals surface area contributed by atoms with Crippen molar-refractivity contribution in [3.63, 3.8) is 0 Å². The molecule has 3 rings (SSSR count). The summed E-state index contributed by atoms with van der Waals surface area (Å²) in [5.41, 5.74) is 0.625. The van der Waals surface area contributed by atoms with Gasteiger partial charge in [0.2, 0.25) is 0 Å². The average molecular weight is 315 g/mol. The Hall–Kier alpha value is -1.79. The van der Waals surface area contributed by atoms with Crippen molar-refractivity contribution >= 4 is 29.0 Å². The van der Waals surface area contributed by atoms with E-state index in [1.807, 2.05) is 0 Å². The summed E-state index contributed by atoms with van der Waals surface area (Å²) in [6, 6.07) is 6.05. The van der Waals surface area contributed by atoms with E-state index in [2.05, 4.69) is 15.1 Å². The number of alkyl halides is 2. The molecule has 0 aliphatic heterocycles. The molecule has 0 saturated heterocycles. The third kappa shape index (κ3) is 2.21. The molecule has 2 heterocycles. The van der Waals surface area contributed by atoms with Crippen LogP contribution < -0.4 is 0 Å². The summed E-state index contributed by atoms with van der Waals surface area (Å²) in [5.74, 6) is 0.101. The third-order valence-electron chi connectivity index (χ3n) is 2.72. The third-order valence-corrected chi connectivity index (χ3v) is 3.46. The van der Waals surface area contributed by atoms with Crippen LogP contribution in [-0.2, 0) is 0 Å². The molecular formula is C12H6Cl2F2N4. The molecule has 0 spiro atoms. The summed E-state index contributed by atoms with van der Waals surface area (Å²) in [6.07, 6.45) is -1.52. The standard InChI is InChI=1S/C12H6Cl2F2N4/c13-7-2-1-6(3-8(7)14)9-4-10(11(15)16)20-12(19-9)17-5-18-20/h1-5,11H. The Morgan fingerprint density at radius 1 is 1.10 bits per heavy atom. The first-order valence-electron chi connectivity index (χ1n) is 5.50. The highest BCUT2D eigenvalue weighted by molar-refractivity contribution is 6.42. The summed E-state index contributed by atoms with van der Waals surface area (Å²) in [7, 11) is 0. The van der Waals surface area contributed by atoms with Crippen molar-refractivity contribution in [3.8, 4) is 11.3 Å². The minimum absolute atomic E-state index is 0.101. The van der Waals surface area contributed by atoms with E-state index in [9.17, 15) is 8.78 Å². The largest absolute Gasteiger partial charge is 0.280 e. The van der Waals surface area contributed by atoms with E-state index in [-0.39, 0.29) is 11.5 Å². The second-order valence-corrected chi connectivity index (χ2v) is 4.78. The van der Waals surface area contributed by atoms with Crippen molar-refractivity contribution in [1.29, 1.82) is 0 Å². The van der Waals surface area contributed by atoms with Crippen LogP contribution in [0.1, 0.15) is 12.1 Å². The Labute approximate surface area is 122 Å². The van der Waals surface area contributed by atoms with Gasteiger partial charge in [0.15, 0.2) is 0 Å². The molecule has 4 nitrogen and oxygen atoms in total. The zero-order valence-electron chi connectivity index (χ0n) is 9.76. The lowest BCUT2D eigenvalue weighted by molar-refractivity contribution is 0.143. The van der Waals surface area contributed by atoms with Crippen LogP contribution in [0.15, 0.2) is 30.6 Å². The Balaban J connectivity index is 2.22. The highest BCUT2D eigenvalue weighted by Gasteiger charge is 2.16. The number of fused-ring (bicyclic) bond motifs is 1. The number of hydrogen-bond donors (Lipinski definition) is 0. The second kappa shape index (κ2) is 4.96. The quantitative estimate of drug-likeness (QED) is 0.717. The topological polar surface area (TPSA) is 43.1 Å². The van der Waals surface area contributed by atoms with E-state index in [1.165, 1.54) is 12.4 Å². The molecule has 20 heavy (non-hydrogen) atoms. The fourth-order valence-corrected chi connectivity index (χ4v) is 2.09. The van der Waals surface area contributed by atoms with Gasteiger partial charge in [-0.1, -0.05) is 29.3 Å². The molecule has 3 aromatic rings. The zero-order chi connectivity index (χ0) is 14.3. The van der Waals surface area contributed by atoms with Gasteiger partial charge in [0.05, 0.1) is 15.7 Å². The average Bonchev–Trinajstić information content (AvgIpc) is 2.88. The van der Waals surface area contributed by atoms with E-state index >= 15 is 0 Å². The van der Waals surface area contributed by atoms with Crippen LogP contribution in [-0.4, -0.2) is 19.6 Å². The van der Waals surface area contributed by atoms with Crippen molar-refractivity contribution in [2.75, 3.05) is 0 Å². The lowest BCUT2D eigenvalue weighted by Crippen LogP contribution is -2.02. The maximum atomic E-state index is 13.1. The van der Waals surface area contributed by atoms with Gasteiger partial charge in [-0.3, -0.25) is 0 Å². The molecule has 0 aliphatic carbocycles. The molecule has 102 valence electrons. The fourth-order valence-electron chi connectivity index (χ4n) is 1.79. The molecule has 1 aromatic carbocycles.